The van der Waals surface area contributed by atoms with E-state index in [1.165, 1.54) is 5.56 Å². The van der Waals surface area contributed by atoms with Gasteiger partial charge in [-0.3, -0.25) is 4.79 Å². The number of anilines is 1. The second-order valence-electron chi connectivity index (χ2n) is 8.00. The lowest BCUT2D eigenvalue weighted by Crippen LogP contribution is -2.38. The lowest BCUT2D eigenvalue weighted by Gasteiger charge is -2.32. The molecule has 0 aromatic heterocycles. The predicted molar refractivity (Wildman–Crippen MR) is 119 cm³/mol. The second-order valence-corrected chi connectivity index (χ2v) is 10.9. The van der Waals surface area contributed by atoms with Gasteiger partial charge in [0.1, 0.15) is 5.44 Å². The maximum absolute atomic E-state index is 12.2. The van der Waals surface area contributed by atoms with E-state index in [2.05, 4.69) is 38.5 Å². The standard InChI is InChI=1S/C22H30ClNO2S/c1-16(25)24(20-12-10-19(23)11-13-20)15-22(2,3)14-17-6-8-18(9-7-17)21(26)27(4)5/h6-13,21,26-27H,14-15H2,1-5H3. The zero-order valence-corrected chi connectivity index (χ0v) is 18.4. The number of nitrogens with zero attached hydrogens (tertiary/aromatic N) is 1. The summed E-state index contributed by atoms with van der Waals surface area (Å²) in [7, 11) is -0.420. The molecule has 2 aromatic rings. The molecule has 0 bridgehead atoms. The molecule has 1 N–H and O–H groups in total. The summed E-state index contributed by atoms with van der Waals surface area (Å²) in [5, 5.41) is 10.9. The zero-order valence-electron chi connectivity index (χ0n) is 16.7. The number of carbonyl (C=O) groups excluding carboxylic acids is 1. The van der Waals surface area contributed by atoms with Gasteiger partial charge in [0.25, 0.3) is 0 Å². The van der Waals surface area contributed by atoms with E-state index in [0.717, 1.165) is 17.7 Å². The minimum Gasteiger partial charge on any atom is -0.380 e. The van der Waals surface area contributed by atoms with E-state index in [1.807, 2.05) is 24.3 Å². The van der Waals surface area contributed by atoms with Gasteiger partial charge in [-0.1, -0.05) is 49.7 Å². The van der Waals surface area contributed by atoms with Gasteiger partial charge < -0.3 is 10.0 Å². The average Bonchev–Trinajstić information content (AvgIpc) is 2.60. The lowest BCUT2D eigenvalue weighted by molar-refractivity contribution is -0.116. The van der Waals surface area contributed by atoms with Crippen LogP contribution in [0.5, 0.6) is 0 Å². The second kappa shape index (κ2) is 9.13. The third-order valence-corrected chi connectivity index (χ3v) is 6.08. The summed E-state index contributed by atoms with van der Waals surface area (Å²) in [5.41, 5.74) is 2.55. The van der Waals surface area contributed by atoms with E-state index in [9.17, 15) is 9.90 Å². The number of carbonyl (C=O) groups is 1. The van der Waals surface area contributed by atoms with Crippen LogP contribution in [0.2, 0.25) is 5.02 Å². The van der Waals surface area contributed by atoms with Crippen molar-refractivity contribution in [2.75, 3.05) is 24.0 Å². The molecule has 0 radical (unpaired) electrons. The summed E-state index contributed by atoms with van der Waals surface area (Å²) in [4.78, 5) is 14.0. The van der Waals surface area contributed by atoms with Crippen molar-refractivity contribution in [2.45, 2.75) is 32.6 Å². The molecular formula is C22H30ClNO2S. The first-order valence-corrected chi connectivity index (χ1v) is 11.7. The molecule has 5 heteroatoms. The molecule has 2 rings (SSSR count). The van der Waals surface area contributed by atoms with Crippen LogP contribution in [0.25, 0.3) is 0 Å². The Morgan fingerprint density at radius 2 is 1.67 bits per heavy atom. The lowest BCUT2D eigenvalue weighted by atomic mass is 9.84. The molecule has 1 unspecified atom stereocenters. The van der Waals surface area contributed by atoms with Crippen LogP contribution in [0.3, 0.4) is 0 Å². The number of halogens is 1. The van der Waals surface area contributed by atoms with E-state index in [-0.39, 0.29) is 16.8 Å². The molecule has 0 aliphatic carbocycles. The highest BCUT2D eigenvalue weighted by Gasteiger charge is 2.25. The van der Waals surface area contributed by atoms with Gasteiger partial charge in [0.2, 0.25) is 5.91 Å². The first-order valence-electron chi connectivity index (χ1n) is 9.06. The highest BCUT2D eigenvalue weighted by molar-refractivity contribution is 8.15. The molecule has 27 heavy (non-hydrogen) atoms. The summed E-state index contributed by atoms with van der Waals surface area (Å²) in [6.45, 7) is 6.54. The molecule has 0 fully saturated rings. The molecule has 1 amide bonds. The molecule has 0 saturated heterocycles. The Hall–Kier alpha value is -1.49. The Bertz CT molecular complexity index is 757. The zero-order chi connectivity index (χ0) is 20.2. The van der Waals surface area contributed by atoms with Gasteiger partial charge in [0.15, 0.2) is 0 Å². The van der Waals surface area contributed by atoms with Crippen molar-refractivity contribution < 1.29 is 9.90 Å². The maximum atomic E-state index is 12.2. The number of aliphatic hydroxyl groups is 1. The highest BCUT2D eigenvalue weighted by atomic mass is 35.5. The van der Waals surface area contributed by atoms with Crippen LogP contribution in [-0.2, 0) is 11.2 Å². The number of hydrogen-bond donors (Lipinski definition) is 2. The molecule has 2 aromatic carbocycles. The number of hydrogen-bond acceptors (Lipinski definition) is 2. The van der Waals surface area contributed by atoms with Crippen LogP contribution in [0.1, 0.15) is 37.3 Å². The fraction of sp³-hybridized carbons (Fsp3) is 0.409. The van der Waals surface area contributed by atoms with Gasteiger partial charge >= 0.3 is 0 Å². The van der Waals surface area contributed by atoms with Gasteiger partial charge in [0.05, 0.1) is 0 Å². The molecule has 148 valence electrons. The smallest absolute Gasteiger partial charge is 0.223 e. The number of benzene rings is 2. The Morgan fingerprint density at radius 1 is 1.11 bits per heavy atom. The summed E-state index contributed by atoms with van der Waals surface area (Å²) < 4.78 is 0. The number of aliphatic hydroxyl groups excluding tert-OH is 1. The van der Waals surface area contributed by atoms with Crippen LogP contribution in [0.4, 0.5) is 5.69 Å². The molecule has 0 heterocycles. The monoisotopic (exact) mass is 407 g/mol. The van der Waals surface area contributed by atoms with E-state index < -0.39 is 10.9 Å². The summed E-state index contributed by atoms with van der Waals surface area (Å²) in [6, 6.07) is 15.6. The number of rotatable bonds is 7. The van der Waals surface area contributed by atoms with Crippen molar-refractivity contribution in [3.63, 3.8) is 0 Å². The number of amides is 1. The third-order valence-electron chi connectivity index (χ3n) is 4.55. The van der Waals surface area contributed by atoms with Gasteiger partial charge in [-0.05, 0) is 59.7 Å². The first kappa shape index (κ1) is 21.8. The van der Waals surface area contributed by atoms with Crippen molar-refractivity contribution in [2.24, 2.45) is 5.41 Å². The first-order chi connectivity index (χ1) is 12.6. The Balaban J connectivity index is 2.12. The van der Waals surface area contributed by atoms with E-state index in [1.54, 1.807) is 24.0 Å². The average molecular weight is 408 g/mol. The van der Waals surface area contributed by atoms with Crippen molar-refractivity contribution in [1.29, 1.82) is 0 Å². The quantitative estimate of drug-likeness (QED) is 0.618. The van der Waals surface area contributed by atoms with Crippen molar-refractivity contribution in [3.8, 4) is 0 Å². The normalized spacial score (nSPS) is 13.2. The van der Waals surface area contributed by atoms with Gasteiger partial charge in [-0.25, -0.2) is 10.9 Å². The van der Waals surface area contributed by atoms with Gasteiger partial charge in [0, 0.05) is 24.2 Å². The van der Waals surface area contributed by atoms with Crippen LogP contribution in [0, 0.1) is 5.41 Å². The molecule has 1 atom stereocenters. The SMILES string of the molecule is CC(=O)N(CC(C)(C)Cc1ccc(C(O)[SH](C)C)cc1)c1ccc(Cl)cc1. The molecule has 0 aliphatic heterocycles. The van der Waals surface area contributed by atoms with Crippen molar-refractivity contribution in [1.82, 2.24) is 0 Å². The minimum atomic E-state index is -0.420. The van der Waals surface area contributed by atoms with E-state index in [0.29, 0.717) is 11.6 Å². The summed E-state index contributed by atoms with van der Waals surface area (Å²) in [6.07, 6.45) is 4.99. The van der Waals surface area contributed by atoms with E-state index in [4.69, 9.17) is 11.6 Å². The highest BCUT2D eigenvalue weighted by Crippen LogP contribution is 2.35. The van der Waals surface area contributed by atoms with Crippen LogP contribution in [0.15, 0.2) is 48.5 Å². The molecule has 0 spiro atoms. The molecule has 3 nitrogen and oxygen atoms in total. The van der Waals surface area contributed by atoms with Crippen molar-refractivity contribution in [3.05, 3.63) is 64.7 Å². The fourth-order valence-electron chi connectivity index (χ4n) is 3.15. The van der Waals surface area contributed by atoms with Crippen LogP contribution < -0.4 is 4.90 Å². The largest absolute Gasteiger partial charge is 0.380 e. The van der Waals surface area contributed by atoms with Crippen molar-refractivity contribution >= 4 is 34.1 Å². The molecular weight excluding hydrogens is 378 g/mol. The van der Waals surface area contributed by atoms with Gasteiger partial charge in [-0.15, -0.1) is 0 Å². The Morgan fingerprint density at radius 3 is 2.15 bits per heavy atom. The van der Waals surface area contributed by atoms with E-state index >= 15 is 0 Å². The Labute approximate surface area is 170 Å². The van der Waals surface area contributed by atoms with Crippen LogP contribution in [-0.4, -0.2) is 30.1 Å². The molecule has 0 aliphatic rings. The van der Waals surface area contributed by atoms with Crippen LogP contribution >= 0.6 is 22.5 Å². The Kier molecular flexibility index (Phi) is 7.38. The third kappa shape index (κ3) is 6.27. The van der Waals surface area contributed by atoms with Gasteiger partial charge in [-0.2, -0.15) is 0 Å². The summed E-state index contributed by atoms with van der Waals surface area (Å²) >= 11 is 5.97. The topological polar surface area (TPSA) is 40.5 Å². The molecule has 0 saturated carbocycles. The fourth-order valence-corrected chi connectivity index (χ4v) is 4.04. The summed E-state index contributed by atoms with van der Waals surface area (Å²) in [5.74, 6) is 0.0168. The minimum absolute atomic E-state index is 0.0168. The predicted octanol–water partition coefficient (Wildman–Crippen LogP) is 5.21. The number of thiol groups is 1. The maximum Gasteiger partial charge on any atom is 0.223 e.